The van der Waals surface area contributed by atoms with E-state index in [-0.39, 0.29) is 5.95 Å². The van der Waals surface area contributed by atoms with Gasteiger partial charge in [0.05, 0.1) is 12.1 Å². The molecule has 0 aliphatic heterocycles. The summed E-state index contributed by atoms with van der Waals surface area (Å²) in [6, 6.07) is 7.21. The molecule has 0 spiro atoms. The maximum atomic E-state index is 12.5. The fourth-order valence-electron chi connectivity index (χ4n) is 1.55. The zero-order valence-electron chi connectivity index (χ0n) is 9.43. The lowest BCUT2D eigenvalue weighted by atomic mass is 10.3. The number of rotatable bonds is 5. The molecule has 0 unspecified atom stereocenters. The van der Waals surface area contributed by atoms with Crippen LogP contribution in [0.3, 0.4) is 0 Å². The van der Waals surface area contributed by atoms with Gasteiger partial charge >= 0.3 is 0 Å². The second kappa shape index (κ2) is 5.99. The molecule has 7 heteroatoms. The molecule has 0 fully saturated rings. The van der Waals surface area contributed by atoms with Crippen molar-refractivity contribution in [3.63, 3.8) is 0 Å². The zero-order chi connectivity index (χ0) is 13.0. The molecule has 1 aromatic heterocycles. The molecule has 0 bridgehead atoms. The minimum atomic E-state index is -2.43. The number of para-hydroxylation sites is 1. The quantitative estimate of drug-likeness (QED) is 0.795. The van der Waals surface area contributed by atoms with E-state index in [9.17, 15) is 8.78 Å². The summed E-state index contributed by atoms with van der Waals surface area (Å²) in [6.45, 7) is 0.00990. The van der Waals surface area contributed by atoms with E-state index < -0.39 is 13.0 Å². The molecular weight excluding hydrogens is 306 g/mol. The van der Waals surface area contributed by atoms with Gasteiger partial charge in [-0.2, -0.15) is 0 Å². The largest absolute Gasteiger partial charge is 0.333 e. The minimum absolute atomic E-state index is 0.230. The van der Waals surface area contributed by atoms with Crippen molar-refractivity contribution in [2.75, 3.05) is 23.3 Å². The Hall–Kier alpha value is -1.37. The van der Waals surface area contributed by atoms with Crippen molar-refractivity contribution < 1.29 is 8.78 Å². The number of aromatic nitrogens is 3. The SMILES string of the molecule is FC(F)CN(CCBr)c1nnc2ccccc2n1. The molecule has 0 aliphatic rings. The van der Waals surface area contributed by atoms with Crippen LogP contribution in [0.4, 0.5) is 14.7 Å². The van der Waals surface area contributed by atoms with E-state index in [1.54, 1.807) is 12.1 Å². The highest BCUT2D eigenvalue weighted by Gasteiger charge is 2.15. The first kappa shape index (κ1) is 13.1. The third-order valence-electron chi connectivity index (χ3n) is 2.35. The predicted octanol–water partition coefficient (Wildman–Crippen LogP) is 2.49. The van der Waals surface area contributed by atoms with Gasteiger partial charge in [0.1, 0.15) is 5.52 Å². The van der Waals surface area contributed by atoms with E-state index in [0.717, 1.165) is 0 Å². The molecule has 0 atom stereocenters. The predicted molar refractivity (Wildman–Crippen MR) is 69.3 cm³/mol. The normalized spacial score (nSPS) is 11.1. The Morgan fingerprint density at radius 1 is 1.17 bits per heavy atom. The lowest BCUT2D eigenvalue weighted by Crippen LogP contribution is -2.32. The van der Waals surface area contributed by atoms with Crippen molar-refractivity contribution in [1.82, 2.24) is 15.2 Å². The Bertz CT molecular complexity index is 523. The van der Waals surface area contributed by atoms with Gasteiger partial charge in [0.2, 0.25) is 5.95 Å². The lowest BCUT2D eigenvalue weighted by Gasteiger charge is -2.20. The number of hydrogen-bond donors (Lipinski definition) is 0. The molecule has 4 nitrogen and oxygen atoms in total. The monoisotopic (exact) mass is 316 g/mol. The minimum Gasteiger partial charge on any atom is -0.333 e. The molecule has 0 aliphatic carbocycles. The van der Waals surface area contributed by atoms with Crippen molar-refractivity contribution in [3.05, 3.63) is 24.3 Å². The van der Waals surface area contributed by atoms with E-state index in [0.29, 0.717) is 22.9 Å². The van der Waals surface area contributed by atoms with Crippen molar-refractivity contribution >= 4 is 32.9 Å². The highest BCUT2D eigenvalue weighted by atomic mass is 79.9. The molecule has 0 radical (unpaired) electrons. The van der Waals surface area contributed by atoms with Crippen LogP contribution in [0.2, 0.25) is 0 Å². The van der Waals surface area contributed by atoms with E-state index >= 15 is 0 Å². The number of fused-ring (bicyclic) bond motifs is 1. The van der Waals surface area contributed by atoms with Gasteiger partial charge in [-0.05, 0) is 12.1 Å². The highest BCUT2D eigenvalue weighted by Crippen LogP contribution is 2.13. The van der Waals surface area contributed by atoms with Crippen LogP contribution in [0.5, 0.6) is 0 Å². The molecule has 0 saturated carbocycles. The fraction of sp³-hybridized carbons (Fsp3) is 0.364. The van der Waals surface area contributed by atoms with Crippen LogP contribution in [-0.4, -0.2) is 40.0 Å². The fourth-order valence-corrected chi connectivity index (χ4v) is 1.98. The molecule has 2 rings (SSSR count). The first-order valence-corrected chi connectivity index (χ1v) is 6.51. The number of hydrogen-bond acceptors (Lipinski definition) is 4. The Morgan fingerprint density at radius 2 is 1.89 bits per heavy atom. The topological polar surface area (TPSA) is 41.9 Å². The maximum Gasteiger partial charge on any atom is 0.255 e. The van der Waals surface area contributed by atoms with Gasteiger partial charge in [-0.3, -0.25) is 0 Å². The molecule has 2 aromatic rings. The van der Waals surface area contributed by atoms with Gasteiger partial charge in [-0.15, -0.1) is 10.2 Å². The summed E-state index contributed by atoms with van der Waals surface area (Å²) in [5.41, 5.74) is 1.30. The number of anilines is 1. The van der Waals surface area contributed by atoms with E-state index in [1.165, 1.54) is 4.90 Å². The van der Waals surface area contributed by atoms with E-state index in [1.807, 2.05) is 12.1 Å². The summed E-state index contributed by atoms with van der Waals surface area (Å²) in [4.78, 5) is 5.66. The van der Waals surface area contributed by atoms with Gasteiger partial charge in [-0.25, -0.2) is 13.8 Å². The van der Waals surface area contributed by atoms with Crippen LogP contribution in [0.15, 0.2) is 24.3 Å². The average molecular weight is 317 g/mol. The van der Waals surface area contributed by atoms with Gasteiger partial charge in [0.15, 0.2) is 0 Å². The Kier molecular flexibility index (Phi) is 4.35. The van der Waals surface area contributed by atoms with Crippen molar-refractivity contribution in [3.8, 4) is 0 Å². The zero-order valence-corrected chi connectivity index (χ0v) is 11.0. The summed E-state index contributed by atoms with van der Waals surface area (Å²) in [7, 11) is 0. The molecule has 0 N–H and O–H groups in total. The molecule has 1 aromatic carbocycles. The van der Waals surface area contributed by atoms with Gasteiger partial charge in [0.25, 0.3) is 6.43 Å². The summed E-state index contributed by atoms with van der Waals surface area (Å²) in [5.74, 6) is 0.230. The highest BCUT2D eigenvalue weighted by molar-refractivity contribution is 9.09. The average Bonchev–Trinajstić information content (AvgIpc) is 2.37. The van der Waals surface area contributed by atoms with Gasteiger partial charge in [0, 0.05) is 11.9 Å². The molecular formula is C11H11BrF2N4. The second-order valence-corrected chi connectivity index (χ2v) is 4.42. The van der Waals surface area contributed by atoms with Crippen molar-refractivity contribution in [2.24, 2.45) is 0 Å². The summed E-state index contributed by atoms with van der Waals surface area (Å²) in [6.07, 6.45) is -2.43. The molecule has 0 amide bonds. The molecule has 1 heterocycles. The number of alkyl halides is 3. The first-order valence-electron chi connectivity index (χ1n) is 5.39. The van der Waals surface area contributed by atoms with Crippen molar-refractivity contribution in [2.45, 2.75) is 6.43 Å². The smallest absolute Gasteiger partial charge is 0.255 e. The Morgan fingerprint density at radius 3 is 2.56 bits per heavy atom. The summed E-state index contributed by atoms with van der Waals surface area (Å²) in [5, 5.41) is 8.43. The standard InChI is InChI=1S/C11H11BrF2N4/c12-5-6-18(7-10(13)14)11-15-8-3-1-2-4-9(8)16-17-11/h1-4,10H,5-7H2. The maximum absolute atomic E-state index is 12.5. The Labute approximate surface area is 111 Å². The van der Waals surface area contributed by atoms with Crippen LogP contribution < -0.4 is 4.90 Å². The summed E-state index contributed by atoms with van der Waals surface area (Å²) < 4.78 is 24.9. The lowest BCUT2D eigenvalue weighted by molar-refractivity contribution is 0.154. The molecule has 0 saturated heterocycles. The van der Waals surface area contributed by atoms with Crippen molar-refractivity contribution in [1.29, 1.82) is 0 Å². The number of benzene rings is 1. The van der Waals surface area contributed by atoms with E-state index in [4.69, 9.17) is 0 Å². The second-order valence-electron chi connectivity index (χ2n) is 3.63. The number of nitrogens with zero attached hydrogens (tertiary/aromatic N) is 4. The summed E-state index contributed by atoms with van der Waals surface area (Å²) >= 11 is 3.22. The van der Waals surface area contributed by atoms with Crippen LogP contribution in [0, 0.1) is 0 Å². The molecule has 96 valence electrons. The third-order valence-corrected chi connectivity index (χ3v) is 2.70. The van der Waals surface area contributed by atoms with Crippen LogP contribution >= 0.6 is 15.9 Å². The van der Waals surface area contributed by atoms with E-state index in [2.05, 4.69) is 31.1 Å². The molecule has 18 heavy (non-hydrogen) atoms. The van der Waals surface area contributed by atoms with Gasteiger partial charge in [-0.1, -0.05) is 28.1 Å². The Balaban J connectivity index is 2.31. The van der Waals surface area contributed by atoms with Crippen LogP contribution in [0.1, 0.15) is 0 Å². The first-order chi connectivity index (χ1) is 8.70. The van der Waals surface area contributed by atoms with Gasteiger partial charge < -0.3 is 4.90 Å². The third kappa shape index (κ3) is 3.10. The number of halogens is 3. The van der Waals surface area contributed by atoms with Crippen LogP contribution in [-0.2, 0) is 0 Å². The van der Waals surface area contributed by atoms with Crippen LogP contribution in [0.25, 0.3) is 11.0 Å².